The fourth-order valence-electron chi connectivity index (χ4n) is 3.87. The predicted octanol–water partition coefficient (Wildman–Crippen LogP) is 2.32. The minimum atomic E-state index is 0.765. The lowest BCUT2D eigenvalue weighted by atomic mass is 9.94. The smallest absolute Gasteiger partial charge is 0.0234 e. The summed E-state index contributed by atoms with van der Waals surface area (Å²) in [5.74, 6) is 0.769. The fraction of sp³-hybridized carbons (Fsp3) is 0.667. The van der Waals surface area contributed by atoms with Crippen molar-refractivity contribution in [2.75, 3.05) is 32.7 Å². The van der Waals surface area contributed by atoms with Crippen LogP contribution in [0.3, 0.4) is 0 Å². The van der Waals surface area contributed by atoms with E-state index < -0.39 is 0 Å². The molecule has 1 unspecified atom stereocenters. The Morgan fingerprint density at radius 2 is 1.76 bits per heavy atom. The van der Waals surface area contributed by atoms with Crippen molar-refractivity contribution in [2.24, 2.45) is 11.7 Å². The predicted molar refractivity (Wildman–Crippen MR) is 88.1 cm³/mol. The molecule has 2 aliphatic heterocycles. The molecule has 2 fully saturated rings. The van der Waals surface area contributed by atoms with Crippen molar-refractivity contribution in [1.82, 2.24) is 9.80 Å². The van der Waals surface area contributed by atoms with E-state index in [1.54, 1.807) is 0 Å². The van der Waals surface area contributed by atoms with Gasteiger partial charge in [0.2, 0.25) is 0 Å². The third-order valence-corrected chi connectivity index (χ3v) is 5.23. The molecule has 116 valence electrons. The molecular weight excluding hydrogens is 258 g/mol. The minimum absolute atomic E-state index is 0.765. The molecule has 2 N–H and O–H groups in total. The molecule has 0 aliphatic carbocycles. The highest BCUT2D eigenvalue weighted by Gasteiger charge is 2.28. The molecule has 3 nitrogen and oxygen atoms in total. The van der Waals surface area contributed by atoms with Crippen LogP contribution in [0.25, 0.3) is 0 Å². The number of piperidine rings is 2. The van der Waals surface area contributed by atoms with Crippen molar-refractivity contribution < 1.29 is 0 Å². The topological polar surface area (TPSA) is 32.5 Å². The van der Waals surface area contributed by atoms with Gasteiger partial charge in [-0.1, -0.05) is 30.3 Å². The van der Waals surface area contributed by atoms with Gasteiger partial charge in [0.25, 0.3) is 0 Å². The summed E-state index contributed by atoms with van der Waals surface area (Å²) in [7, 11) is 0. The first-order valence-electron chi connectivity index (χ1n) is 8.55. The highest BCUT2D eigenvalue weighted by atomic mass is 15.2. The van der Waals surface area contributed by atoms with E-state index in [2.05, 4.69) is 40.1 Å². The van der Waals surface area contributed by atoms with E-state index in [-0.39, 0.29) is 0 Å². The number of likely N-dealkylation sites (tertiary alicyclic amines) is 2. The molecule has 0 spiro atoms. The van der Waals surface area contributed by atoms with Crippen molar-refractivity contribution in [3.8, 4) is 0 Å². The van der Waals surface area contributed by atoms with Crippen LogP contribution in [0.5, 0.6) is 0 Å². The molecule has 2 aliphatic rings. The fourth-order valence-corrected chi connectivity index (χ4v) is 3.87. The number of rotatable bonds is 4. The molecule has 1 atom stereocenters. The lowest BCUT2D eigenvalue weighted by molar-refractivity contribution is 0.0671. The summed E-state index contributed by atoms with van der Waals surface area (Å²) in [4.78, 5) is 5.36. The van der Waals surface area contributed by atoms with Crippen LogP contribution in [0.4, 0.5) is 0 Å². The summed E-state index contributed by atoms with van der Waals surface area (Å²) in [6.45, 7) is 6.99. The Hall–Kier alpha value is -0.900. The number of hydrogen-bond acceptors (Lipinski definition) is 3. The molecule has 21 heavy (non-hydrogen) atoms. The SMILES string of the molecule is NCC1CCN(C2CCCN(Cc3ccccc3)C2)CC1. The van der Waals surface area contributed by atoms with Gasteiger partial charge in [0.05, 0.1) is 0 Å². The highest BCUT2D eigenvalue weighted by molar-refractivity contribution is 5.14. The van der Waals surface area contributed by atoms with Crippen LogP contribution < -0.4 is 5.73 Å². The molecule has 0 amide bonds. The number of hydrogen-bond donors (Lipinski definition) is 1. The van der Waals surface area contributed by atoms with Crippen molar-refractivity contribution in [2.45, 2.75) is 38.3 Å². The molecule has 0 aromatic heterocycles. The van der Waals surface area contributed by atoms with Gasteiger partial charge in [-0.2, -0.15) is 0 Å². The van der Waals surface area contributed by atoms with E-state index >= 15 is 0 Å². The van der Waals surface area contributed by atoms with E-state index in [9.17, 15) is 0 Å². The molecule has 1 aromatic carbocycles. The molecule has 0 saturated carbocycles. The molecule has 0 radical (unpaired) electrons. The first kappa shape index (κ1) is 15.0. The van der Waals surface area contributed by atoms with Gasteiger partial charge >= 0.3 is 0 Å². The molecule has 0 bridgehead atoms. The zero-order valence-corrected chi connectivity index (χ0v) is 13.1. The first-order valence-corrected chi connectivity index (χ1v) is 8.55. The van der Waals surface area contributed by atoms with Gasteiger partial charge in [0, 0.05) is 19.1 Å². The maximum atomic E-state index is 5.81. The third kappa shape index (κ3) is 4.06. The Bertz CT molecular complexity index is 412. The Balaban J connectivity index is 1.51. The van der Waals surface area contributed by atoms with E-state index in [1.807, 2.05) is 0 Å². The third-order valence-electron chi connectivity index (χ3n) is 5.23. The Morgan fingerprint density at radius 3 is 2.48 bits per heavy atom. The summed E-state index contributed by atoms with van der Waals surface area (Å²) in [6.07, 6.45) is 5.31. The Morgan fingerprint density at radius 1 is 1.00 bits per heavy atom. The van der Waals surface area contributed by atoms with Gasteiger partial charge in [0.15, 0.2) is 0 Å². The van der Waals surface area contributed by atoms with Crippen LogP contribution in [-0.4, -0.2) is 48.6 Å². The van der Waals surface area contributed by atoms with Crippen LogP contribution >= 0.6 is 0 Å². The van der Waals surface area contributed by atoms with Crippen molar-refractivity contribution >= 4 is 0 Å². The van der Waals surface area contributed by atoms with Gasteiger partial charge < -0.3 is 5.73 Å². The minimum Gasteiger partial charge on any atom is -0.330 e. The quantitative estimate of drug-likeness (QED) is 0.922. The average Bonchev–Trinajstić information content (AvgIpc) is 2.56. The molecule has 2 saturated heterocycles. The van der Waals surface area contributed by atoms with Crippen LogP contribution in [0, 0.1) is 5.92 Å². The van der Waals surface area contributed by atoms with Crippen molar-refractivity contribution in [3.63, 3.8) is 0 Å². The zero-order chi connectivity index (χ0) is 14.5. The van der Waals surface area contributed by atoms with Gasteiger partial charge in [-0.25, -0.2) is 0 Å². The monoisotopic (exact) mass is 287 g/mol. The summed E-state index contributed by atoms with van der Waals surface area (Å²) in [5.41, 5.74) is 7.25. The van der Waals surface area contributed by atoms with Gasteiger partial charge in [-0.15, -0.1) is 0 Å². The summed E-state index contributed by atoms with van der Waals surface area (Å²) < 4.78 is 0. The maximum Gasteiger partial charge on any atom is 0.0234 e. The lowest BCUT2D eigenvalue weighted by Crippen LogP contribution is -2.50. The molecule has 3 rings (SSSR count). The van der Waals surface area contributed by atoms with Crippen molar-refractivity contribution in [1.29, 1.82) is 0 Å². The average molecular weight is 287 g/mol. The van der Waals surface area contributed by atoms with Crippen LogP contribution in [0.2, 0.25) is 0 Å². The lowest BCUT2D eigenvalue weighted by Gasteiger charge is -2.42. The zero-order valence-electron chi connectivity index (χ0n) is 13.1. The van der Waals surface area contributed by atoms with E-state index in [1.165, 1.54) is 57.4 Å². The highest BCUT2D eigenvalue weighted by Crippen LogP contribution is 2.23. The van der Waals surface area contributed by atoms with Crippen molar-refractivity contribution in [3.05, 3.63) is 35.9 Å². The van der Waals surface area contributed by atoms with Crippen LogP contribution in [0.15, 0.2) is 30.3 Å². The van der Waals surface area contributed by atoms with E-state index in [0.29, 0.717) is 0 Å². The van der Waals surface area contributed by atoms with Gasteiger partial charge in [-0.05, 0) is 63.3 Å². The molecule has 1 aromatic rings. The van der Waals surface area contributed by atoms with E-state index in [0.717, 1.165) is 25.0 Å². The standard InChI is InChI=1S/C18H29N3/c19-13-16-8-11-21(12-9-16)18-7-4-10-20(15-18)14-17-5-2-1-3-6-17/h1-3,5-6,16,18H,4,7-15,19H2. The van der Waals surface area contributed by atoms with Gasteiger partial charge in [0.1, 0.15) is 0 Å². The van der Waals surface area contributed by atoms with E-state index in [4.69, 9.17) is 5.73 Å². The molecule has 2 heterocycles. The first-order chi connectivity index (χ1) is 10.3. The summed E-state index contributed by atoms with van der Waals surface area (Å²) >= 11 is 0. The Labute approximate surface area is 129 Å². The number of nitrogens with two attached hydrogens (primary N) is 1. The molecular formula is C18H29N3. The van der Waals surface area contributed by atoms with Gasteiger partial charge in [-0.3, -0.25) is 9.80 Å². The summed E-state index contributed by atoms with van der Waals surface area (Å²) in [6, 6.07) is 11.7. The maximum absolute atomic E-state index is 5.81. The Kier molecular flexibility index (Phi) is 5.28. The normalized spacial score (nSPS) is 26.0. The summed E-state index contributed by atoms with van der Waals surface area (Å²) in [5, 5.41) is 0. The second-order valence-corrected chi connectivity index (χ2v) is 6.73. The molecule has 3 heteroatoms. The largest absolute Gasteiger partial charge is 0.330 e. The second-order valence-electron chi connectivity index (χ2n) is 6.73. The van der Waals surface area contributed by atoms with Crippen LogP contribution in [0.1, 0.15) is 31.2 Å². The number of benzene rings is 1. The van der Waals surface area contributed by atoms with Crippen LogP contribution in [-0.2, 0) is 6.54 Å². The number of nitrogens with zero attached hydrogens (tertiary/aromatic N) is 2. The second kappa shape index (κ2) is 7.39.